The van der Waals surface area contributed by atoms with Crippen LogP contribution in [0, 0.1) is 0 Å². The van der Waals surface area contributed by atoms with Crippen LogP contribution in [0.3, 0.4) is 0 Å². The summed E-state index contributed by atoms with van der Waals surface area (Å²) in [4.78, 5) is 0. The van der Waals surface area contributed by atoms with Gasteiger partial charge in [-0.2, -0.15) is 5.10 Å². The van der Waals surface area contributed by atoms with E-state index in [2.05, 4.69) is 5.10 Å². The van der Waals surface area contributed by atoms with Crippen LogP contribution in [0.25, 0.3) is 10.9 Å². The Morgan fingerprint density at radius 3 is 2.83 bits per heavy atom. The number of aromatic nitrogens is 2. The van der Waals surface area contributed by atoms with Crippen molar-refractivity contribution in [3.8, 4) is 0 Å². The Kier molecular flexibility index (Phi) is 1.75. The first-order chi connectivity index (χ1) is 5.83. The van der Waals surface area contributed by atoms with Crippen LogP contribution >= 0.6 is 11.6 Å². The van der Waals surface area contributed by atoms with E-state index < -0.39 is 0 Å². The normalized spacial score (nSPS) is 10.8. The molecular formula is C8H7ClN2O. The van der Waals surface area contributed by atoms with Gasteiger partial charge in [0.25, 0.3) is 0 Å². The van der Waals surface area contributed by atoms with Crippen LogP contribution in [0.4, 0.5) is 0 Å². The molecule has 3 nitrogen and oxygen atoms in total. The third kappa shape index (κ3) is 0.983. The standard InChI is InChI=1S/C8H7ClN2O/c9-8-6-3-1-2-4-7(6)10-11(8)5-12/h1-4,12H,5H2. The van der Waals surface area contributed by atoms with Gasteiger partial charge >= 0.3 is 0 Å². The molecule has 0 bridgehead atoms. The second-order valence-corrected chi connectivity index (χ2v) is 2.81. The van der Waals surface area contributed by atoms with E-state index in [0.717, 1.165) is 10.9 Å². The fraction of sp³-hybridized carbons (Fsp3) is 0.125. The average Bonchev–Trinajstić information content (AvgIpc) is 2.44. The number of rotatable bonds is 1. The molecule has 1 aromatic heterocycles. The molecular weight excluding hydrogens is 176 g/mol. The van der Waals surface area contributed by atoms with Gasteiger partial charge in [0.05, 0.1) is 5.52 Å². The quantitative estimate of drug-likeness (QED) is 0.728. The first kappa shape index (κ1) is 7.58. The van der Waals surface area contributed by atoms with Crippen molar-refractivity contribution in [1.29, 1.82) is 0 Å². The maximum absolute atomic E-state index is 8.84. The molecule has 0 aliphatic heterocycles. The molecule has 0 amide bonds. The molecule has 62 valence electrons. The monoisotopic (exact) mass is 182 g/mol. The molecule has 0 saturated carbocycles. The summed E-state index contributed by atoms with van der Waals surface area (Å²) in [5, 5.41) is 14.2. The lowest BCUT2D eigenvalue weighted by Gasteiger charge is -1.93. The highest BCUT2D eigenvalue weighted by atomic mass is 35.5. The number of benzene rings is 1. The predicted molar refractivity (Wildman–Crippen MR) is 47.0 cm³/mol. The number of fused-ring (bicyclic) bond motifs is 1. The van der Waals surface area contributed by atoms with E-state index in [1.807, 2.05) is 24.3 Å². The summed E-state index contributed by atoms with van der Waals surface area (Å²) in [5.74, 6) is 0. The number of halogens is 1. The summed E-state index contributed by atoms with van der Waals surface area (Å²) in [6, 6.07) is 7.50. The highest BCUT2D eigenvalue weighted by molar-refractivity contribution is 6.34. The zero-order valence-electron chi connectivity index (χ0n) is 6.24. The van der Waals surface area contributed by atoms with Crippen LogP contribution in [0.5, 0.6) is 0 Å². The fourth-order valence-corrected chi connectivity index (χ4v) is 1.39. The summed E-state index contributed by atoms with van der Waals surface area (Å²) in [5.41, 5.74) is 0.802. The molecule has 0 aliphatic rings. The van der Waals surface area contributed by atoms with E-state index in [0.29, 0.717) is 5.15 Å². The van der Waals surface area contributed by atoms with Crippen LogP contribution in [0.15, 0.2) is 24.3 Å². The molecule has 0 saturated heterocycles. The number of hydrogen-bond acceptors (Lipinski definition) is 2. The van der Waals surface area contributed by atoms with Gasteiger partial charge in [0.15, 0.2) is 0 Å². The highest BCUT2D eigenvalue weighted by Gasteiger charge is 2.05. The predicted octanol–water partition coefficient (Wildman–Crippen LogP) is 1.64. The third-order valence-corrected chi connectivity index (χ3v) is 2.11. The van der Waals surface area contributed by atoms with Crippen LogP contribution < -0.4 is 0 Å². The zero-order valence-corrected chi connectivity index (χ0v) is 6.99. The molecule has 2 rings (SSSR count). The number of aliphatic hydroxyl groups is 1. The van der Waals surface area contributed by atoms with E-state index in [1.165, 1.54) is 4.68 Å². The molecule has 0 radical (unpaired) electrons. The van der Waals surface area contributed by atoms with Gasteiger partial charge in [-0.05, 0) is 12.1 Å². The second-order valence-electron chi connectivity index (χ2n) is 2.45. The molecule has 12 heavy (non-hydrogen) atoms. The lowest BCUT2D eigenvalue weighted by Crippen LogP contribution is -1.97. The van der Waals surface area contributed by atoms with Crippen molar-refractivity contribution in [1.82, 2.24) is 9.78 Å². The average molecular weight is 183 g/mol. The van der Waals surface area contributed by atoms with Crippen molar-refractivity contribution >= 4 is 22.5 Å². The number of hydrogen-bond donors (Lipinski definition) is 1. The van der Waals surface area contributed by atoms with E-state index in [9.17, 15) is 0 Å². The lowest BCUT2D eigenvalue weighted by molar-refractivity contribution is 0.196. The minimum absolute atomic E-state index is 0.187. The van der Waals surface area contributed by atoms with Gasteiger partial charge in [-0.1, -0.05) is 23.7 Å². The van der Waals surface area contributed by atoms with E-state index in [-0.39, 0.29) is 6.73 Å². The van der Waals surface area contributed by atoms with Gasteiger partial charge in [0, 0.05) is 5.39 Å². The summed E-state index contributed by atoms with van der Waals surface area (Å²) in [6.45, 7) is -0.187. The van der Waals surface area contributed by atoms with Crippen molar-refractivity contribution in [3.63, 3.8) is 0 Å². The Bertz CT molecular complexity index is 410. The zero-order chi connectivity index (χ0) is 8.55. The lowest BCUT2D eigenvalue weighted by atomic mass is 10.3. The van der Waals surface area contributed by atoms with E-state index >= 15 is 0 Å². The van der Waals surface area contributed by atoms with Gasteiger partial charge in [-0.15, -0.1) is 0 Å². The van der Waals surface area contributed by atoms with Crippen LogP contribution in [-0.4, -0.2) is 14.9 Å². The summed E-state index contributed by atoms with van der Waals surface area (Å²) >= 11 is 5.90. The minimum Gasteiger partial charge on any atom is -0.374 e. The number of aliphatic hydroxyl groups excluding tert-OH is 1. The van der Waals surface area contributed by atoms with Crippen LogP contribution in [-0.2, 0) is 6.73 Å². The molecule has 1 N–H and O–H groups in total. The SMILES string of the molecule is OCn1nc2ccccc2c1Cl. The maximum atomic E-state index is 8.84. The molecule has 0 unspecified atom stereocenters. The Morgan fingerprint density at radius 2 is 2.17 bits per heavy atom. The van der Waals surface area contributed by atoms with Gasteiger partial charge in [-0.3, -0.25) is 0 Å². The summed E-state index contributed by atoms with van der Waals surface area (Å²) in [6.07, 6.45) is 0. The van der Waals surface area contributed by atoms with Crippen molar-refractivity contribution < 1.29 is 5.11 Å². The molecule has 0 spiro atoms. The summed E-state index contributed by atoms with van der Waals surface area (Å²) in [7, 11) is 0. The highest BCUT2D eigenvalue weighted by Crippen LogP contribution is 2.21. The third-order valence-electron chi connectivity index (χ3n) is 1.72. The van der Waals surface area contributed by atoms with Gasteiger partial charge in [0.2, 0.25) is 0 Å². The summed E-state index contributed by atoms with van der Waals surface area (Å²) < 4.78 is 1.35. The molecule has 2 aromatic rings. The Hall–Kier alpha value is -1.06. The van der Waals surface area contributed by atoms with Crippen molar-refractivity contribution in [3.05, 3.63) is 29.4 Å². The molecule has 0 atom stereocenters. The van der Waals surface area contributed by atoms with Gasteiger partial charge < -0.3 is 5.11 Å². The molecule has 4 heteroatoms. The second kappa shape index (κ2) is 2.77. The Morgan fingerprint density at radius 1 is 1.42 bits per heavy atom. The molecule has 1 heterocycles. The largest absolute Gasteiger partial charge is 0.374 e. The van der Waals surface area contributed by atoms with Crippen molar-refractivity contribution in [2.75, 3.05) is 0 Å². The first-order valence-electron chi connectivity index (χ1n) is 3.55. The molecule has 1 aromatic carbocycles. The fourth-order valence-electron chi connectivity index (χ4n) is 1.14. The molecule has 0 fully saturated rings. The molecule has 0 aliphatic carbocycles. The Balaban J connectivity index is 2.78. The van der Waals surface area contributed by atoms with Crippen molar-refractivity contribution in [2.24, 2.45) is 0 Å². The van der Waals surface area contributed by atoms with Crippen LogP contribution in [0.2, 0.25) is 5.15 Å². The van der Waals surface area contributed by atoms with Gasteiger partial charge in [0.1, 0.15) is 11.9 Å². The van der Waals surface area contributed by atoms with Crippen molar-refractivity contribution in [2.45, 2.75) is 6.73 Å². The van der Waals surface area contributed by atoms with Gasteiger partial charge in [-0.25, -0.2) is 4.68 Å². The Labute approximate surface area is 74.2 Å². The minimum atomic E-state index is -0.187. The van der Waals surface area contributed by atoms with Crippen LogP contribution in [0.1, 0.15) is 0 Å². The smallest absolute Gasteiger partial charge is 0.137 e. The van der Waals surface area contributed by atoms with E-state index in [1.54, 1.807) is 0 Å². The van der Waals surface area contributed by atoms with E-state index in [4.69, 9.17) is 16.7 Å². The maximum Gasteiger partial charge on any atom is 0.137 e. The first-order valence-corrected chi connectivity index (χ1v) is 3.92. The topological polar surface area (TPSA) is 38.0 Å². The number of nitrogens with zero attached hydrogens (tertiary/aromatic N) is 2.